The van der Waals surface area contributed by atoms with E-state index >= 15 is 0 Å². The largest absolute Gasteiger partial charge is 0.368 e. The molecule has 28 heavy (non-hydrogen) atoms. The lowest BCUT2D eigenvalue weighted by molar-refractivity contribution is 0.0752. The van der Waals surface area contributed by atoms with Crippen LogP contribution in [0.15, 0.2) is 60.7 Å². The Morgan fingerprint density at radius 3 is 2.43 bits per heavy atom. The van der Waals surface area contributed by atoms with Crippen molar-refractivity contribution in [2.24, 2.45) is 0 Å². The first-order chi connectivity index (χ1) is 13.7. The number of carbonyl (C=O) groups excluding carboxylic acids is 1. The molecule has 0 aliphatic carbocycles. The molecule has 0 N–H and O–H groups in total. The monoisotopic (exact) mass is 407 g/mol. The van der Waals surface area contributed by atoms with Gasteiger partial charge in [0.05, 0.1) is 10.4 Å². The molecule has 1 amide bonds. The Balaban J connectivity index is 1.41. The second-order valence-corrected chi connectivity index (χ2v) is 8.30. The highest BCUT2D eigenvalue weighted by atomic mass is 35.5. The van der Waals surface area contributed by atoms with Crippen molar-refractivity contribution in [2.75, 3.05) is 31.1 Å². The number of amides is 1. The molecule has 0 spiro atoms. The minimum absolute atomic E-state index is 0.0778. The molecule has 1 saturated heterocycles. The third-order valence-corrected chi connectivity index (χ3v) is 6.67. The minimum atomic E-state index is 0.0778. The van der Waals surface area contributed by atoms with Crippen LogP contribution in [0.3, 0.4) is 0 Å². The molecular formula is C22H18ClN3OS. The molecule has 1 fully saturated rings. The molecule has 0 bridgehead atoms. The quantitative estimate of drug-likeness (QED) is 0.435. The highest BCUT2D eigenvalue weighted by molar-refractivity contribution is 7.21. The van der Waals surface area contributed by atoms with Gasteiger partial charge in [0, 0.05) is 47.3 Å². The fourth-order valence-electron chi connectivity index (χ4n) is 3.74. The van der Waals surface area contributed by atoms with Gasteiger partial charge < -0.3 is 9.80 Å². The second-order valence-electron chi connectivity index (χ2n) is 6.89. The number of anilines is 1. The molecule has 4 aromatic rings. The van der Waals surface area contributed by atoms with Crippen LogP contribution in [0.25, 0.3) is 21.0 Å². The summed E-state index contributed by atoms with van der Waals surface area (Å²) < 4.78 is 1.03. The number of para-hydroxylation sites is 2. The van der Waals surface area contributed by atoms with Gasteiger partial charge in [0.2, 0.25) is 0 Å². The lowest BCUT2D eigenvalue weighted by atomic mass is 10.2. The van der Waals surface area contributed by atoms with E-state index in [-0.39, 0.29) is 5.91 Å². The van der Waals surface area contributed by atoms with Crippen molar-refractivity contribution in [3.63, 3.8) is 0 Å². The van der Waals surface area contributed by atoms with Crippen LogP contribution in [-0.4, -0.2) is 42.0 Å². The van der Waals surface area contributed by atoms with Crippen LogP contribution < -0.4 is 4.90 Å². The lowest BCUT2D eigenvalue weighted by Crippen LogP contribution is -2.48. The first kappa shape index (κ1) is 17.5. The number of aromatic nitrogens is 1. The average molecular weight is 408 g/mol. The number of carbonyl (C=O) groups is 1. The first-order valence-corrected chi connectivity index (χ1v) is 10.5. The third-order valence-electron chi connectivity index (χ3n) is 5.22. The molecule has 140 valence electrons. The number of pyridine rings is 1. The first-order valence-electron chi connectivity index (χ1n) is 9.28. The van der Waals surface area contributed by atoms with E-state index in [0.29, 0.717) is 18.2 Å². The zero-order valence-corrected chi connectivity index (χ0v) is 16.7. The van der Waals surface area contributed by atoms with E-state index in [0.717, 1.165) is 39.0 Å². The van der Waals surface area contributed by atoms with Gasteiger partial charge in [0.15, 0.2) is 0 Å². The van der Waals surface area contributed by atoms with Crippen LogP contribution in [0.5, 0.6) is 0 Å². The van der Waals surface area contributed by atoms with E-state index in [9.17, 15) is 4.79 Å². The van der Waals surface area contributed by atoms with Gasteiger partial charge >= 0.3 is 0 Å². The van der Waals surface area contributed by atoms with Crippen molar-refractivity contribution >= 4 is 55.5 Å². The van der Waals surface area contributed by atoms with Gasteiger partial charge in [-0.2, -0.15) is 0 Å². The summed E-state index contributed by atoms with van der Waals surface area (Å²) in [4.78, 5) is 22.6. The Hall–Kier alpha value is -2.63. The van der Waals surface area contributed by atoms with Gasteiger partial charge in [-0.15, -0.1) is 11.3 Å². The van der Waals surface area contributed by atoms with E-state index in [1.54, 1.807) is 0 Å². The molecule has 5 rings (SSSR count). The predicted octanol–water partition coefficient (Wildman–Crippen LogP) is 5.07. The van der Waals surface area contributed by atoms with Crippen molar-refractivity contribution in [2.45, 2.75) is 0 Å². The van der Waals surface area contributed by atoms with Crippen LogP contribution in [0, 0.1) is 0 Å². The Labute approximate surface area is 172 Å². The molecule has 1 aliphatic heterocycles. The fourth-order valence-corrected chi connectivity index (χ4v) is 5.20. The number of halogens is 1. The molecule has 1 aliphatic rings. The summed E-state index contributed by atoms with van der Waals surface area (Å²) >= 11 is 7.90. The van der Waals surface area contributed by atoms with Crippen LogP contribution in [0.1, 0.15) is 9.67 Å². The van der Waals surface area contributed by atoms with Crippen LogP contribution >= 0.6 is 22.9 Å². The Morgan fingerprint density at radius 2 is 1.64 bits per heavy atom. The summed E-state index contributed by atoms with van der Waals surface area (Å²) in [6, 6.07) is 20.2. The molecule has 0 saturated carbocycles. The smallest absolute Gasteiger partial charge is 0.264 e. The summed E-state index contributed by atoms with van der Waals surface area (Å²) in [5.74, 6) is 0.0778. The minimum Gasteiger partial charge on any atom is -0.368 e. The molecule has 0 radical (unpaired) electrons. The highest BCUT2D eigenvalue weighted by Crippen LogP contribution is 2.36. The Morgan fingerprint density at radius 1 is 0.929 bits per heavy atom. The van der Waals surface area contributed by atoms with Crippen molar-refractivity contribution in [3.8, 4) is 0 Å². The number of hydrogen-bond donors (Lipinski definition) is 0. The Bertz CT molecular complexity index is 1170. The average Bonchev–Trinajstić information content (AvgIpc) is 3.21. The molecule has 4 nitrogen and oxygen atoms in total. The standard InChI is InChI=1S/C22H18ClN3OS/c23-21-17-14-19(28-20(17)16-8-4-5-9-18(16)24-21)22(27)26-12-10-25(11-13-26)15-6-2-1-3-7-15/h1-9,14H,10-13H2. The zero-order chi connectivity index (χ0) is 19.1. The molecule has 0 unspecified atom stereocenters. The van der Waals surface area contributed by atoms with Crippen molar-refractivity contribution in [3.05, 3.63) is 70.7 Å². The van der Waals surface area contributed by atoms with E-state index in [4.69, 9.17) is 11.6 Å². The maximum Gasteiger partial charge on any atom is 0.264 e. The number of benzene rings is 2. The topological polar surface area (TPSA) is 36.4 Å². The summed E-state index contributed by atoms with van der Waals surface area (Å²) in [7, 11) is 0. The number of nitrogens with zero attached hydrogens (tertiary/aromatic N) is 3. The van der Waals surface area contributed by atoms with E-state index in [1.165, 1.54) is 17.0 Å². The molecule has 2 aromatic carbocycles. The van der Waals surface area contributed by atoms with E-state index in [2.05, 4.69) is 22.0 Å². The predicted molar refractivity (Wildman–Crippen MR) is 117 cm³/mol. The van der Waals surface area contributed by atoms with Gasteiger partial charge in [-0.25, -0.2) is 4.98 Å². The molecule has 6 heteroatoms. The zero-order valence-electron chi connectivity index (χ0n) is 15.1. The van der Waals surface area contributed by atoms with Gasteiger partial charge in [0.1, 0.15) is 5.15 Å². The molecule has 3 heterocycles. The Kier molecular flexibility index (Phi) is 4.41. The fraction of sp³-hybridized carbons (Fsp3) is 0.182. The van der Waals surface area contributed by atoms with Gasteiger partial charge in [-0.3, -0.25) is 4.79 Å². The van der Waals surface area contributed by atoms with Crippen molar-refractivity contribution in [1.29, 1.82) is 0 Å². The number of thiophene rings is 1. The SMILES string of the molecule is O=C(c1cc2c(Cl)nc3ccccc3c2s1)N1CCN(c2ccccc2)CC1. The van der Waals surface area contributed by atoms with Gasteiger partial charge in [-0.05, 0) is 24.3 Å². The lowest BCUT2D eigenvalue weighted by Gasteiger charge is -2.35. The maximum absolute atomic E-state index is 13.1. The summed E-state index contributed by atoms with van der Waals surface area (Å²) in [6.07, 6.45) is 0. The molecule has 2 aromatic heterocycles. The summed E-state index contributed by atoms with van der Waals surface area (Å²) in [5.41, 5.74) is 2.07. The third kappa shape index (κ3) is 3.01. The summed E-state index contributed by atoms with van der Waals surface area (Å²) in [5, 5.41) is 2.36. The normalized spacial score (nSPS) is 14.8. The molecule has 0 atom stereocenters. The van der Waals surface area contributed by atoms with Crippen LogP contribution in [0.4, 0.5) is 5.69 Å². The van der Waals surface area contributed by atoms with Crippen LogP contribution in [0.2, 0.25) is 5.15 Å². The van der Waals surface area contributed by atoms with Crippen molar-refractivity contribution < 1.29 is 4.79 Å². The van der Waals surface area contributed by atoms with Gasteiger partial charge in [0.25, 0.3) is 5.91 Å². The van der Waals surface area contributed by atoms with E-state index in [1.807, 2.05) is 53.4 Å². The molecular weight excluding hydrogens is 390 g/mol. The van der Waals surface area contributed by atoms with Crippen LogP contribution in [-0.2, 0) is 0 Å². The van der Waals surface area contributed by atoms with E-state index < -0.39 is 0 Å². The number of piperazine rings is 1. The maximum atomic E-state index is 13.1. The number of fused-ring (bicyclic) bond motifs is 3. The number of rotatable bonds is 2. The highest BCUT2D eigenvalue weighted by Gasteiger charge is 2.24. The second kappa shape index (κ2) is 7.08. The summed E-state index contributed by atoms with van der Waals surface area (Å²) in [6.45, 7) is 3.11. The number of hydrogen-bond acceptors (Lipinski definition) is 4. The van der Waals surface area contributed by atoms with Crippen molar-refractivity contribution in [1.82, 2.24) is 9.88 Å². The van der Waals surface area contributed by atoms with Gasteiger partial charge in [-0.1, -0.05) is 48.0 Å².